The molecule has 0 radical (unpaired) electrons. The Kier molecular flexibility index (Phi) is 43.6. The van der Waals surface area contributed by atoms with Crippen LogP contribution in [0.2, 0.25) is 0 Å². The second-order valence-electron chi connectivity index (χ2n) is 17.4. The molecular weight excluding hydrogens is 1190 g/mol. The van der Waals surface area contributed by atoms with Gasteiger partial charge in [-0.1, -0.05) is 95.9 Å². The van der Waals surface area contributed by atoms with E-state index in [1.807, 2.05) is 48.6 Å². The summed E-state index contributed by atoms with van der Waals surface area (Å²) in [5.74, 6) is 6.50. The van der Waals surface area contributed by atoms with Gasteiger partial charge in [0, 0.05) is 49.8 Å². The Morgan fingerprint density at radius 1 is 0.376 bits per heavy atom. The minimum absolute atomic E-state index is 0. The molecule has 0 aliphatic carbocycles. The number of benzene rings is 6. The van der Waals surface area contributed by atoms with Crippen molar-refractivity contribution in [3.05, 3.63) is 281 Å². The molecule has 6 aromatic carbocycles. The summed E-state index contributed by atoms with van der Waals surface area (Å²) in [7, 11) is 0. The Labute approximate surface area is 598 Å². The van der Waals surface area contributed by atoms with Crippen molar-refractivity contribution in [3.8, 4) is 69.0 Å². The number of alkyl halides is 1. The molecule has 0 spiro atoms. The number of halogens is 1. The zero-order chi connectivity index (χ0) is 61.4. The van der Waals surface area contributed by atoms with Crippen molar-refractivity contribution >= 4 is 22.4 Å². The van der Waals surface area contributed by atoms with Gasteiger partial charge in [-0.05, 0) is 148 Å². The van der Waals surface area contributed by atoms with Gasteiger partial charge < -0.3 is 55.7 Å². The molecule has 0 saturated carbocycles. The Morgan fingerprint density at radius 2 is 0.612 bits per heavy atom. The normalized spacial score (nSPS) is 9.44. The molecular formula is C70H77BrK2O12. The zero-order valence-electron chi connectivity index (χ0n) is 50.2. The van der Waals surface area contributed by atoms with Crippen molar-refractivity contribution in [3.63, 3.8) is 0 Å². The van der Waals surface area contributed by atoms with Crippen LogP contribution in [0.4, 0.5) is 0 Å². The topological polar surface area (TPSA) is 176 Å². The van der Waals surface area contributed by atoms with Gasteiger partial charge in [0.1, 0.15) is 82.2 Å². The fourth-order valence-corrected chi connectivity index (χ4v) is 7.56. The fourth-order valence-electron chi connectivity index (χ4n) is 7.56. The quantitative estimate of drug-likeness (QED) is 0.00840. The van der Waals surface area contributed by atoms with E-state index in [0.717, 1.165) is 72.8 Å². The maximum absolute atomic E-state index is 10.4. The van der Waals surface area contributed by atoms with Crippen molar-refractivity contribution in [1.29, 1.82) is 0 Å². The molecule has 0 atom stereocenters. The number of carbonyl (C=O) groups excluding carboxylic acids is 1. The predicted molar refractivity (Wildman–Crippen MR) is 340 cm³/mol. The van der Waals surface area contributed by atoms with Gasteiger partial charge in [-0.3, -0.25) is 4.79 Å². The second kappa shape index (κ2) is 47.0. The predicted octanol–water partition coefficient (Wildman–Crippen LogP) is 10.3. The van der Waals surface area contributed by atoms with E-state index >= 15 is 0 Å². The number of hydrogen-bond acceptors (Lipinski definition) is 12. The molecule has 0 bridgehead atoms. The average Bonchev–Trinajstić information content (AvgIpc) is 3.64. The van der Waals surface area contributed by atoms with E-state index in [-0.39, 0.29) is 134 Å². The first kappa shape index (κ1) is 78.8. The van der Waals surface area contributed by atoms with Crippen molar-refractivity contribution in [2.24, 2.45) is 0 Å². The van der Waals surface area contributed by atoms with Gasteiger partial charge in [0.2, 0.25) is 0 Å². The molecule has 0 amide bonds. The number of rotatable bonds is 30. The summed E-state index contributed by atoms with van der Waals surface area (Å²) in [6, 6.07) is 28.9. The maximum atomic E-state index is 10.4. The molecule has 4 N–H and O–H groups in total. The van der Waals surface area contributed by atoms with Crippen LogP contribution >= 0.6 is 15.9 Å². The summed E-state index contributed by atoms with van der Waals surface area (Å²) in [5.41, 5.74) is 6.53. The summed E-state index contributed by atoms with van der Waals surface area (Å²) >= 11 is 3.13. The minimum atomic E-state index is -0.181. The summed E-state index contributed by atoms with van der Waals surface area (Å²) in [4.78, 5) is 11.2. The molecule has 0 saturated heterocycles. The maximum Gasteiger partial charge on any atom is 1.00 e. The van der Waals surface area contributed by atoms with Gasteiger partial charge >= 0.3 is 103 Å². The molecule has 85 heavy (non-hydrogen) atoms. The Morgan fingerprint density at radius 3 is 0.871 bits per heavy atom. The first-order valence-electron chi connectivity index (χ1n) is 26.1. The van der Waals surface area contributed by atoms with Crippen molar-refractivity contribution in [1.82, 2.24) is 0 Å². The van der Waals surface area contributed by atoms with Crippen molar-refractivity contribution < 1.29 is 163 Å². The van der Waals surface area contributed by atoms with E-state index in [1.165, 1.54) is 0 Å². The van der Waals surface area contributed by atoms with Gasteiger partial charge in [-0.2, -0.15) is 0 Å². The number of carbonyl (C=O) groups is 1. The van der Waals surface area contributed by atoms with E-state index in [9.17, 15) is 20.4 Å². The van der Waals surface area contributed by atoms with E-state index in [0.29, 0.717) is 87.6 Å². The van der Waals surface area contributed by atoms with Crippen molar-refractivity contribution in [2.45, 2.75) is 51.4 Å². The number of hydrogen-bond donors (Lipinski definition) is 4. The first-order valence-corrected chi connectivity index (χ1v) is 27.2. The van der Waals surface area contributed by atoms with Crippen LogP contribution in [0.25, 0.3) is 0 Å². The number of ether oxygens (including phenoxy) is 5. The van der Waals surface area contributed by atoms with E-state index in [1.54, 1.807) is 115 Å². The first-order chi connectivity index (χ1) is 40.2. The molecule has 12 nitrogen and oxygen atoms in total. The Bertz CT molecular complexity index is 2870. The van der Waals surface area contributed by atoms with E-state index < -0.39 is 0 Å². The molecule has 0 unspecified atom stereocenters. The van der Waals surface area contributed by atoms with Crippen LogP contribution in [0.3, 0.4) is 0 Å². The molecule has 0 aromatic heterocycles. The van der Waals surface area contributed by atoms with Gasteiger partial charge in [0.15, 0.2) is 0 Å². The molecule has 0 fully saturated rings. The monoisotopic (exact) mass is 1270 g/mol. The number of phenolic OH excluding ortho intramolecular Hbond substituents is 4. The third-order valence-electron chi connectivity index (χ3n) is 11.1. The largest absolute Gasteiger partial charge is 1.00 e. The number of aromatic hydroxyl groups is 4. The van der Waals surface area contributed by atoms with Crippen molar-refractivity contribution in [2.75, 3.05) is 18.5 Å². The van der Waals surface area contributed by atoms with Gasteiger partial charge in [-0.15, -0.1) is 59.2 Å². The van der Waals surface area contributed by atoms with Crippen LogP contribution in [0, 0.1) is 0 Å². The standard InChI is InChI=1S/2C24H26O3.C18H18O3.C3H5Br.CH2O3.2K.H/c1-5-9-19-17-21(11-13-23(19)25-15-7-3)27-22-12-14-24(26-16-8-4)20(18-22)10-6-2;1-5-9-17-13-21(14-18(10-6-2)23(17)25)27-22-15-19(11-7-3)24(26)20(16-22)12-8-4;1-3-5-13-11-15(7-9-17(13)19)21-16-8-10-18(20)14(12-16)6-4-2;1-2-3-4;2-1-4-3;;;/h5-8,11-14,17-18H,1-4,9-10,15-16H2;5-8,13-16,25-26H,1-4,9-12H2;3-4,7-12,19-20H,1-2,5-6H2;2H,1,3H2;1,3H;;;/q;;;;;2*+1;-1/p-1. The molecule has 15 heteroatoms. The van der Waals surface area contributed by atoms with Gasteiger partial charge in [0.05, 0.1) is 0 Å². The number of allylic oxidation sites excluding steroid dienone is 9. The SMILES string of the molecule is C=CCBr.C=CCOc1ccc(Oc2ccc(OCC=C)c(CC=C)c2)cc1CC=C.C=CCc1cc(Oc2cc(CC=C)c(O)c(CC=C)c2)cc(CC=C)c1O.C=CCc1cc(Oc2ccc(O)c(CC=C)c2)ccc1O.O=CO[O-].[H-].[K+].[K+]. The molecule has 6 rings (SSSR count). The molecule has 438 valence electrons. The summed E-state index contributed by atoms with van der Waals surface area (Å²) in [6.07, 6.45) is 24.0. The third-order valence-corrected chi connectivity index (χ3v) is 11.6. The number of phenols is 4. The third kappa shape index (κ3) is 29.2. The van der Waals surface area contributed by atoms with Crippen LogP contribution < -0.4 is 132 Å². The smallest absolute Gasteiger partial charge is 1.00 e. The van der Waals surface area contributed by atoms with Crippen LogP contribution in [0.5, 0.6) is 69.0 Å². The van der Waals surface area contributed by atoms with Crippen LogP contribution in [-0.2, 0) is 61.0 Å². The van der Waals surface area contributed by atoms with E-state index in [4.69, 9.17) is 33.7 Å². The Balaban J connectivity index is 0. The molecule has 6 aromatic rings. The second-order valence-corrected chi connectivity index (χ2v) is 18.0. The fraction of sp³-hybridized carbons (Fsp3) is 0.157. The summed E-state index contributed by atoms with van der Waals surface area (Å²) in [6.45, 7) is 41.4. The molecule has 0 aliphatic rings. The molecule has 0 heterocycles. The summed E-state index contributed by atoms with van der Waals surface area (Å²) < 4.78 is 29.3. The summed E-state index contributed by atoms with van der Waals surface area (Å²) in [5, 5.41) is 49.6. The van der Waals surface area contributed by atoms with Crippen LogP contribution in [0.1, 0.15) is 45.9 Å². The zero-order valence-corrected chi connectivity index (χ0v) is 57.0. The molecule has 0 aliphatic heterocycles. The minimum Gasteiger partial charge on any atom is -1.00 e. The average molecular weight is 1270 g/mol. The Hall–Kier alpha value is -6.16. The van der Waals surface area contributed by atoms with Gasteiger partial charge in [0.25, 0.3) is 6.47 Å². The van der Waals surface area contributed by atoms with Crippen LogP contribution in [-0.4, -0.2) is 45.4 Å². The van der Waals surface area contributed by atoms with E-state index in [2.05, 4.69) is 93.2 Å². The van der Waals surface area contributed by atoms with Gasteiger partial charge in [-0.25, -0.2) is 0 Å². The van der Waals surface area contributed by atoms with Crippen LogP contribution in [0.15, 0.2) is 236 Å².